The van der Waals surface area contributed by atoms with Gasteiger partial charge in [-0.05, 0) is 32.4 Å². The number of benzene rings is 1. The molecule has 0 fully saturated rings. The maximum atomic E-state index is 13.0. The Hall–Kier alpha value is -1.83. The number of ether oxygens (including phenoxy) is 5. The second-order valence-electron chi connectivity index (χ2n) is 6.38. The minimum atomic E-state index is -0.449. The van der Waals surface area contributed by atoms with Gasteiger partial charge in [-0.1, -0.05) is 13.0 Å². The van der Waals surface area contributed by atoms with Crippen LogP contribution < -0.4 is 14.2 Å². The van der Waals surface area contributed by atoms with Crippen molar-refractivity contribution in [2.24, 2.45) is 0 Å². The Balaban J connectivity index is 3.07. The van der Waals surface area contributed by atoms with Crippen molar-refractivity contribution in [1.82, 2.24) is 4.90 Å². The number of methoxy groups -OCH3 is 4. The Bertz CT molecular complexity index is 545. The zero-order valence-electron chi connectivity index (χ0n) is 17.5. The summed E-state index contributed by atoms with van der Waals surface area (Å²) in [6.07, 6.45) is 0.525. The van der Waals surface area contributed by atoms with Crippen LogP contribution >= 0.6 is 0 Å². The monoisotopic (exact) mass is 383 g/mol. The average Bonchev–Trinajstić information content (AvgIpc) is 2.68. The fraction of sp³-hybridized carbons (Fsp3) is 0.650. The summed E-state index contributed by atoms with van der Waals surface area (Å²) in [5.74, 6) is 0.802. The van der Waals surface area contributed by atoms with Crippen molar-refractivity contribution in [3.8, 4) is 17.2 Å². The zero-order chi connectivity index (χ0) is 20.4. The van der Waals surface area contributed by atoms with E-state index in [-0.39, 0.29) is 23.9 Å². The van der Waals surface area contributed by atoms with Crippen molar-refractivity contribution in [3.05, 3.63) is 18.2 Å². The fourth-order valence-electron chi connectivity index (χ4n) is 2.80. The van der Waals surface area contributed by atoms with Crippen LogP contribution in [0.1, 0.15) is 27.2 Å². The summed E-state index contributed by atoms with van der Waals surface area (Å²) < 4.78 is 27.1. The molecule has 1 rings (SSSR count). The van der Waals surface area contributed by atoms with Crippen LogP contribution in [0.15, 0.2) is 18.2 Å². The van der Waals surface area contributed by atoms with Crippen molar-refractivity contribution in [2.45, 2.75) is 45.4 Å². The third kappa shape index (κ3) is 6.68. The minimum Gasteiger partial charge on any atom is -0.493 e. The molecule has 1 aromatic rings. The number of esters is 1. The molecule has 1 aromatic carbocycles. The van der Waals surface area contributed by atoms with E-state index in [2.05, 4.69) is 0 Å². The lowest BCUT2D eigenvalue weighted by atomic mass is 10.1. The van der Waals surface area contributed by atoms with Gasteiger partial charge in [-0.3, -0.25) is 4.90 Å². The molecule has 3 unspecified atom stereocenters. The first-order chi connectivity index (χ1) is 12.9. The number of nitrogens with zero attached hydrogens (tertiary/aromatic N) is 1. The Morgan fingerprint density at radius 1 is 0.963 bits per heavy atom. The number of hydrogen-bond acceptors (Lipinski definition) is 7. The molecule has 0 aliphatic heterocycles. The lowest BCUT2D eigenvalue weighted by molar-refractivity contribution is -0.142. The molecule has 0 heterocycles. The van der Waals surface area contributed by atoms with Crippen LogP contribution in [-0.2, 0) is 14.3 Å². The summed E-state index contributed by atoms with van der Waals surface area (Å²) in [5.41, 5.74) is 0. The van der Waals surface area contributed by atoms with E-state index in [4.69, 9.17) is 23.7 Å². The van der Waals surface area contributed by atoms with E-state index in [0.717, 1.165) is 0 Å². The Morgan fingerprint density at radius 2 is 1.44 bits per heavy atom. The van der Waals surface area contributed by atoms with Crippen LogP contribution in [0.2, 0.25) is 0 Å². The predicted molar refractivity (Wildman–Crippen MR) is 104 cm³/mol. The topological polar surface area (TPSA) is 66.5 Å². The van der Waals surface area contributed by atoms with E-state index in [0.29, 0.717) is 31.0 Å². The SMILES string of the molecule is CCC(C(=O)Oc1c(OC)cccc1OC)N(CC(C)OC)CC(C)OC. The normalized spacial score (nSPS) is 14.5. The van der Waals surface area contributed by atoms with E-state index in [9.17, 15) is 4.79 Å². The first-order valence-electron chi connectivity index (χ1n) is 9.13. The summed E-state index contributed by atoms with van der Waals surface area (Å²) >= 11 is 0. The van der Waals surface area contributed by atoms with Crippen molar-refractivity contribution >= 4 is 5.97 Å². The van der Waals surface area contributed by atoms with Gasteiger partial charge in [0, 0.05) is 27.3 Å². The largest absolute Gasteiger partial charge is 0.493 e. The lowest BCUT2D eigenvalue weighted by Crippen LogP contribution is -2.49. The quantitative estimate of drug-likeness (QED) is 0.406. The number of carbonyl (C=O) groups excluding carboxylic acids is 1. The number of rotatable bonds is 12. The van der Waals surface area contributed by atoms with Gasteiger partial charge in [-0.25, -0.2) is 4.79 Å². The smallest absolute Gasteiger partial charge is 0.329 e. The molecule has 0 bridgehead atoms. The van der Waals surface area contributed by atoms with Gasteiger partial charge in [0.25, 0.3) is 0 Å². The number of hydrogen-bond donors (Lipinski definition) is 0. The van der Waals surface area contributed by atoms with Gasteiger partial charge in [0.1, 0.15) is 6.04 Å². The van der Waals surface area contributed by atoms with Crippen molar-refractivity contribution in [1.29, 1.82) is 0 Å². The third-order valence-electron chi connectivity index (χ3n) is 4.47. The summed E-state index contributed by atoms with van der Waals surface area (Å²) in [4.78, 5) is 15.0. The standard InChI is InChI=1S/C20H33NO6/c1-8-16(21(12-14(2)23-4)13-15(3)24-5)20(22)27-19-17(25-6)10-9-11-18(19)26-7/h9-11,14-16H,8,12-13H2,1-7H3. The first kappa shape index (κ1) is 23.2. The zero-order valence-corrected chi connectivity index (χ0v) is 17.5. The number of para-hydroxylation sites is 1. The third-order valence-corrected chi connectivity index (χ3v) is 4.47. The molecule has 0 aliphatic carbocycles. The van der Waals surface area contributed by atoms with Crippen LogP contribution in [0.4, 0.5) is 0 Å². The van der Waals surface area contributed by atoms with Gasteiger partial charge in [-0.2, -0.15) is 0 Å². The Morgan fingerprint density at radius 3 is 1.81 bits per heavy atom. The van der Waals surface area contributed by atoms with E-state index >= 15 is 0 Å². The summed E-state index contributed by atoms with van der Waals surface area (Å²) in [6, 6.07) is 4.78. The van der Waals surface area contributed by atoms with Gasteiger partial charge >= 0.3 is 5.97 Å². The highest BCUT2D eigenvalue weighted by molar-refractivity contribution is 5.79. The highest BCUT2D eigenvalue weighted by atomic mass is 16.6. The predicted octanol–water partition coefficient (Wildman–Crippen LogP) is 2.76. The average molecular weight is 383 g/mol. The second-order valence-corrected chi connectivity index (χ2v) is 6.38. The van der Waals surface area contributed by atoms with Crippen molar-refractivity contribution < 1.29 is 28.5 Å². The van der Waals surface area contributed by atoms with Gasteiger partial charge < -0.3 is 23.7 Å². The molecule has 0 spiro atoms. The Labute approximate surface area is 162 Å². The van der Waals surface area contributed by atoms with E-state index < -0.39 is 6.04 Å². The molecule has 0 N–H and O–H groups in total. The second kappa shape index (κ2) is 11.8. The molecule has 27 heavy (non-hydrogen) atoms. The molecule has 7 nitrogen and oxygen atoms in total. The van der Waals surface area contributed by atoms with Gasteiger partial charge in [0.15, 0.2) is 11.5 Å². The minimum absolute atomic E-state index is 0.0308. The molecule has 7 heteroatoms. The van der Waals surface area contributed by atoms with Crippen LogP contribution in [0.5, 0.6) is 17.2 Å². The van der Waals surface area contributed by atoms with Crippen LogP contribution in [0.25, 0.3) is 0 Å². The highest BCUT2D eigenvalue weighted by Crippen LogP contribution is 2.37. The molecule has 0 radical (unpaired) electrons. The summed E-state index contributed by atoms with van der Waals surface area (Å²) in [5, 5.41) is 0. The van der Waals surface area contributed by atoms with Crippen LogP contribution in [0, 0.1) is 0 Å². The molecular formula is C20H33NO6. The van der Waals surface area contributed by atoms with E-state index in [1.165, 1.54) is 14.2 Å². The molecule has 0 aliphatic rings. The van der Waals surface area contributed by atoms with Crippen molar-refractivity contribution in [3.63, 3.8) is 0 Å². The maximum absolute atomic E-state index is 13.0. The molecule has 0 saturated heterocycles. The van der Waals surface area contributed by atoms with E-state index in [1.807, 2.05) is 25.7 Å². The highest BCUT2D eigenvalue weighted by Gasteiger charge is 2.30. The Kier molecular flexibility index (Phi) is 10.1. The lowest BCUT2D eigenvalue weighted by Gasteiger charge is -2.33. The molecule has 154 valence electrons. The number of carbonyl (C=O) groups is 1. The van der Waals surface area contributed by atoms with Gasteiger partial charge in [0.05, 0.1) is 26.4 Å². The van der Waals surface area contributed by atoms with E-state index in [1.54, 1.807) is 32.4 Å². The summed E-state index contributed by atoms with van der Waals surface area (Å²) in [7, 11) is 6.36. The maximum Gasteiger partial charge on any atom is 0.329 e. The molecule has 0 amide bonds. The molecule has 3 atom stereocenters. The van der Waals surface area contributed by atoms with Crippen LogP contribution in [0.3, 0.4) is 0 Å². The molecule has 0 aromatic heterocycles. The molecular weight excluding hydrogens is 350 g/mol. The molecule has 0 saturated carbocycles. The van der Waals surface area contributed by atoms with Crippen LogP contribution in [-0.4, -0.2) is 70.6 Å². The summed E-state index contributed by atoms with van der Waals surface area (Å²) in [6.45, 7) is 7.05. The van der Waals surface area contributed by atoms with Gasteiger partial charge in [-0.15, -0.1) is 0 Å². The fourth-order valence-corrected chi connectivity index (χ4v) is 2.80. The van der Waals surface area contributed by atoms with Crippen molar-refractivity contribution in [2.75, 3.05) is 41.5 Å². The first-order valence-corrected chi connectivity index (χ1v) is 9.13. The van der Waals surface area contributed by atoms with Gasteiger partial charge in [0.2, 0.25) is 5.75 Å².